The van der Waals surface area contributed by atoms with Crippen molar-refractivity contribution in [1.29, 1.82) is 0 Å². The van der Waals surface area contributed by atoms with Crippen LogP contribution in [0.3, 0.4) is 0 Å². The topological polar surface area (TPSA) is 61.8 Å². The highest BCUT2D eigenvalue weighted by molar-refractivity contribution is 5.77. The first kappa shape index (κ1) is 16.2. The van der Waals surface area contributed by atoms with E-state index in [4.69, 9.17) is 14.2 Å². The lowest BCUT2D eigenvalue weighted by atomic mass is 9.92. The molecular weight excluding hydrogens is 284 g/mol. The number of esters is 2. The molecule has 0 saturated heterocycles. The highest BCUT2D eigenvalue weighted by atomic mass is 16.6. The first-order valence-corrected chi connectivity index (χ1v) is 7.18. The average Bonchev–Trinajstić information content (AvgIpc) is 2.56. The van der Waals surface area contributed by atoms with Crippen molar-refractivity contribution in [3.05, 3.63) is 48.0 Å². The summed E-state index contributed by atoms with van der Waals surface area (Å²) in [5.41, 5.74) is 0.735. The largest absolute Gasteiger partial charge is 0.469 e. The van der Waals surface area contributed by atoms with E-state index in [0.717, 1.165) is 5.56 Å². The summed E-state index contributed by atoms with van der Waals surface area (Å²) in [6.07, 6.45) is 3.47. The minimum absolute atomic E-state index is 0.273. The van der Waals surface area contributed by atoms with Crippen molar-refractivity contribution < 1.29 is 23.8 Å². The van der Waals surface area contributed by atoms with Gasteiger partial charge in [-0.15, -0.1) is 0 Å². The molecule has 0 aliphatic heterocycles. The Kier molecular flexibility index (Phi) is 5.72. The predicted molar refractivity (Wildman–Crippen MR) is 80.0 cm³/mol. The van der Waals surface area contributed by atoms with Crippen molar-refractivity contribution in [2.75, 3.05) is 14.2 Å². The van der Waals surface area contributed by atoms with Gasteiger partial charge in [0.25, 0.3) is 0 Å². The molecule has 22 heavy (non-hydrogen) atoms. The molecule has 0 aromatic heterocycles. The van der Waals surface area contributed by atoms with E-state index in [1.165, 1.54) is 14.2 Å². The molecule has 118 valence electrons. The van der Waals surface area contributed by atoms with Crippen molar-refractivity contribution in [2.45, 2.75) is 25.0 Å². The van der Waals surface area contributed by atoms with Crippen LogP contribution < -0.4 is 0 Å². The van der Waals surface area contributed by atoms with Gasteiger partial charge in [0.2, 0.25) is 0 Å². The summed E-state index contributed by atoms with van der Waals surface area (Å²) in [6.45, 7) is 0. The Morgan fingerprint density at radius 3 is 2.55 bits per heavy atom. The minimum atomic E-state index is -0.770. The minimum Gasteiger partial charge on any atom is -0.469 e. The van der Waals surface area contributed by atoms with Crippen LogP contribution in [0.1, 0.15) is 24.5 Å². The van der Waals surface area contributed by atoms with Crippen LogP contribution in [0.5, 0.6) is 0 Å². The normalized spacial score (nSPS) is 21.9. The van der Waals surface area contributed by atoms with Crippen molar-refractivity contribution in [1.82, 2.24) is 0 Å². The molecule has 0 bridgehead atoms. The molecular formula is C17H20O5. The van der Waals surface area contributed by atoms with Crippen LogP contribution in [0.2, 0.25) is 0 Å². The van der Waals surface area contributed by atoms with Gasteiger partial charge < -0.3 is 14.2 Å². The molecule has 5 heteroatoms. The molecule has 0 spiro atoms. The number of hydrogen-bond donors (Lipinski definition) is 0. The molecule has 5 nitrogen and oxygen atoms in total. The molecule has 0 saturated carbocycles. The summed E-state index contributed by atoms with van der Waals surface area (Å²) in [6, 6.07) is 9.16. The van der Waals surface area contributed by atoms with E-state index in [1.54, 1.807) is 6.08 Å². The van der Waals surface area contributed by atoms with Gasteiger partial charge in [0.05, 0.1) is 13.0 Å². The summed E-state index contributed by atoms with van der Waals surface area (Å²) in [4.78, 5) is 23.9. The van der Waals surface area contributed by atoms with Gasteiger partial charge in [0, 0.05) is 13.5 Å². The Morgan fingerprint density at radius 1 is 1.18 bits per heavy atom. The van der Waals surface area contributed by atoms with E-state index in [2.05, 4.69) is 0 Å². The van der Waals surface area contributed by atoms with Gasteiger partial charge >= 0.3 is 11.9 Å². The van der Waals surface area contributed by atoms with Crippen molar-refractivity contribution in [3.63, 3.8) is 0 Å². The van der Waals surface area contributed by atoms with Crippen LogP contribution in [0.15, 0.2) is 42.5 Å². The number of rotatable bonds is 5. The number of carbonyl (C=O) groups is 2. The van der Waals surface area contributed by atoms with Crippen LogP contribution in [-0.2, 0) is 23.8 Å². The summed E-state index contributed by atoms with van der Waals surface area (Å²) < 4.78 is 15.5. The lowest BCUT2D eigenvalue weighted by molar-refractivity contribution is -0.162. The third-order valence-electron chi connectivity index (χ3n) is 3.64. The van der Waals surface area contributed by atoms with Gasteiger partial charge in [0.15, 0.2) is 6.10 Å². The molecule has 3 atom stereocenters. The van der Waals surface area contributed by atoms with E-state index < -0.39 is 18.2 Å². The summed E-state index contributed by atoms with van der Waals surface area (Å²) in [5.74, 6) is -1.02. The van der Waals surface area contributed by atoms with E-state index >= 15 is 0 Å². The Morgan fingerprint density at radius 2 is 1.91 bits per heavy atom. The smallest absolute Gasteiger partial charge is 0.340 e. The zero-order chi connectivity index (χ0) is 15.9. The lowest BCUT2D eigenvalue weighted by Crippen LogP contribution is -2.29. The van der Waals surface area contributed by atoms with Crippen LogP contribution in [0.4, 0.5) is 0 Å². The maximum Gasteiger partial charge on any atom is 0.340 e. The number of hydrogen-bond acceptors (Lipinski definition) is 5. The van der Waals surface area contributed by atoms with Crippen molar-refractivity contribution >= 4 is 11.9 Å². The number of carbonyl (C=O) groups excluding carboxylic acids is 2. The third kappa shape index (κ3) is 3.95. The number of benzene rings is 1. The summed E-state index contributed by atoms with van der Waals surface area (Å²) in [7, 11) is 2.82. The lowest BCUT2D eigenvalue weighted by Gasteiger charge is -2.24. The van der Waals surface area contributed by atoms with Crippen molar-refractivity contribution in [3.8, 4) is 0 Å². The fourth-order valence-corrected chi connectivity index (χ4v) is 2.50. The van der Waals surface area contributed by atoms with E-state index in [9.17, 15) is 9.59 Å². The standard InChI is InChI=1S/C17H20O5/c1-20-15(12-7-4-3-5-8-12)17(19)22-14-10-6-9-13(11-14)16(18)21-2/h3-8,10,13-15H,9,11H2,1-2H3/t13-,14+,15-/m1/s1. The van der Waals surface area contributed by atoms with E-state index in [1.807, 2.05) is 36.4 Å². The Bertz CT molecular complexity index is 537. The van der Waals surface area contributed by atoms with Crippen LogP contribution in [0, 0.1) is 5.92 Å². The van der Waals surface area contributed by atoms with Gasteiger partial charge in [-0.25, -0.2) is 4.79 Å². The van der Waals surface area contributed by atoms with E-state index in [0.29, 0.717) is 12.8 Å². The molecule has 1 aliphatic rings. The molecule has 0 N–H and O–H groups in total. The summed E-state index contributed by atoms with van der Waals surface area (Å²) >= 11 is 0. The number of methoxy groups -OCH3 is 2. The van der Waals surface area contributed by atoms with E-state index in [-0.39, 0.29) is 11.9 Å². The maximum atomic E-state index is 12.3. The second-order valence-corrected chi connectivity index (χ2v) is 5.12. The SMILES string of the molecule is COC(=O)[C@@H]1CC=C[C@H](OC(=O)[C@H](OC)c2ccccc2)C1. The molecule has 0 unspecified atom stereocenters. The molecule has 2 rings (SSSR count). The zero-order valence-electron chi connectivity index (χ0n) is 12.7. The van der Waals surface area contributed by atoms with Gasteiger partial charge in [-0.1, -0.05) is 36.4 Å². The molecule has 1 aromatic rings. The van der Waals surface area contributed by atoms with Gasteiger partial charge in [-0.05, 0) is 18.1 Å². The Balaban J connectivity index is 2.00. The molecule has 0 radical (unpaired) electrons. The molecule has 1 aliphatic carbocycles. The van der Waals surface area contributed by atoms with Crippen LogP contribution in [-0.4, -0.2) is 32.3 Å². The maximum absolute atomic E-state index is 12.3. The first-order chi connectivity index (χ1) is 10.7. The third-order valence-corrected chi connectivity index (χ3v) is 3.64. The van der Waals surface area contributed by atoms with Gasteiger partial charge in [-0.3, -0.25) is 4.79 Å². The second kappa shape index (κ2) is 7.75. The van der Waals surface area contributed by atoms with Gasteiger partial charge in [0.1, 0.15) is 6.10 Å². The Hall–Kier alpha value is -2.14. The fraction of sp³-hybridized carbons (Fsp3) is 0.412. The molecule has 1 aromatic carbocycles. The molecule has 0 heterocycles. The summed E-state index contributed by atoms with van der Waals surface area (Å²) in [5, 5.41) is 0. The fourth-order valence-electron chi connectivity index (χ4n) is 2.50. The number of allylic oxidation sites excluding steroid dienone is 1. The zero-order valence-corrected chi connectivity index (χ0v) is 12.7. The molecule has 0 fully saturated rings. The molecule has 0 amide bonds. The van der Waals surface area contributed by atoms with Crippen molar-refractivity contribution in [2.24, 2.45) is 5.92 Å². The highest BCUT2D eigenvalue weighted by Crippen LogP contribution is 2.25. The first-order valence-electron chi connectivity index (χ1n) is 7.18. The predicted octanol–water partition coefficient (Wildman–Crippen LogP) is 2.43. The highest BCUT2D eigenvalue weighted by Gasteiger charge is 2.29. The number of ether oxygens (including phenoxy) is 3. The van der Waals surface area contributed by atoms with Crippen LogP contribution in [0.25, 0.3) is 0 Å². The quantitative estimate of drug-likeness (QED) is 0.617. The monoisotopic (exact) mass is 304 g/mol. The average molecular weight is 304 g/mol. The van der Waals surface area contributed by atoms with Gasteiger partial charge in [-0.2, -0.15) is 0 Å². The Labute approximate surface area is 129 Å². The van der Waals surface area contributed by atoms with Crippen LogP contribution >= 0.6 is 0 Å². The second-order valence-electron chi connectivity index (χ2n) is 5.12.